The van der Waals surface area contributed by atoms with Gasteiger partial charge in [-0.2, -0.15) is 0 Å². The summed E-state index contributed by atoms with van der Waals surface area (Å²) in [5, 5.41) is 0.241. The van der Waals surface area contributed by atoms with Gasteiger partial charge in [0.15, 0.2) is 6.61 Å². The smallest absolute Gasteiger partial charge is 0.340 e. The lowest BCUT2D eigenvalue weighted by Crippen LogP contribution is -2.42. The molecule has 2 amide bonds. The number of ether oxygens (including phenoxy) is 1. The molecule has 0 atom stereocenters. The SMILES string of the molecule is CC(=O)NNC(=O)COC(=O)c1ccccc1Cl. The summed E-state index contributed by atoms with van der Waals surface area (Å²) in [5.41, 5.74) is 4.29. The van der Waals surface area contributed by atoms with Gasteiger partial charge in [-0.1, -0.05) is 23.7 Å². The zero-order chi connectivity index (χ0) is 13.5. The van der Waals surface area contributed by atoms with Crippen molar-refractivity contribution in [1.29, 1.82) is 0 Å². The molecule has 1 aromatic rings. The van der Waals surface area contributed by atoms with Crippen molar-refractivity contribution in [3.05, 3.63) is 34.9 Å². The number of carbonyl (C=O) groups is 3. The van der Waals surface area contributed by atoms with Gasteiger partial charge in [0.1, 0.15) is 0 Å². The molecular formula is C11H11ClN2O4. The highest BCUT2D eigenvalue weighted by molar-refractivity contribution is 6.33. The van der Waals surface area contributed by atoms with E-state index in [4.69, 9.17) is 16.3 Å². The van der Waals surface area contributed by atoms with Gasteiger partial charge in [0, 0.05) is 6.92 Å². The Labute approximate surface area is 108 Å². The molecule has 1 aromatic carbocycles. The van der Waals surface area contributed by atoms with Gasteiger partial charge < -0.3 is 4.74 Å². The lowest BCUT2D eigenvalue weighted by atomic mass is 10.2. The lowest BCUT2D eigenvalue weighted by molar-refractivity contribution is -0.129. The van der Waals surface area contributed by atoms with Crippen LogP contribution in [0.15, 0.2) is 24.3 Å². The average Bonchev–Trinajstić information content (AvgIpc) is 2.34. The Morgan fingerprint density at radius 3 is 2.50 bits per heavy atom. The maximum absolute atomic E-state index is 11.5. The molecule has 0 aromatic heterocycles. The van der Waals surface area contributed by atoms with E-state index in [1.165, 1.54) is 19.1 Å². The maximum atomic E-state index is 11.5. The van der Waals surface area contributed by atoms with Crippen LogP contribution in [0.4, 0.5) is 0 Å². The summed E-state index contributed by atoms with van der Waals surface area (Å²) in [4.78, 5) is 33.2. The molecule has 0 spiro atoms. The van der Waals surface area contributed by atoms with E-state index in [9.17, 15) is 14.4 Å². The van der Waals surface area contributed by atoms with Crippen molar-refractivity contribution in [2.24, 2.45) is 0 Å². The van der Waals surface area contributed by atoms with Gasteiger partial charge in [0.05, 0.1) is 10.6 Å². The number of esters is 1. The Hall–Kier alpha value is -2.08. The van der Waals surface area contributed by atoms with Crippen LogP contribution < -0.4 is 10.9 Å². The first-order chi connectivity index (χ1) is 8.50. The topological polar surface area (TPSA) is 84.5 Å². The molecule has 0 radical (unpaired) electrons. The molecule has 0 heterocycles. The minimum atomic E-state index is -0.710. The predicted octanol–water partition coefficient (Wildman–Crippen LogP) is 0.664. The Morgan fingerprint density at radius 1 is 1.22 bits per heavy atom. The number of amides is 2. The fourth-order valence-corrected chi connectivity index (χ4v) is 1.24. The molecule has 0 fully saturated rings. The molecule has 0 aliphatic heterocycles. The van der Waals surface area contributed by atoms with Crippen molar-refractivity contribution in [1.82, 2.24) is 10.9 Å². The summed E-state index contributed by atoms with van der Waals surface area (Å²) in [6.45, 7) is 0.723. The third-order valence-corrected chi connectivity index (χ3v) is 2.14. The van der Waals surface area contributed by atoms with E-state index in [-0.39, 0.29) is 10.6 Å². The van der Waals surface area contributed by atoms with E-state index in [1.807, 2.05) is 0 Å². The minimum Gasteiger partial charge on any atom is -0.452 e. The lowest BCUT2D eigenvalue weighted by Gasteiger charge is -2.07. The molecule has 0 saturated heterocycles. The summed E-state index contributed by atoms with van der Waals surface area (Å²) in [6.07, 6.45) is 0. The number of nitrogens with one attached hydrogen (secondary N) is 2. The maximum Gasteiger partial charge on any atom is 0.340 e. The molecule has 7 heteroatoms. The summed E-state index contributed by atoms with van der Waals surface area (Å²) in [7, 11) is 0. The fourth-order valence-electron chi connectivity index (χ4n) is 1.03. The largest absolute Gasteiger partial charge is 0.452 e. The summed E-state index contributed by atoms with van der Waals surface area (Å²) in [5.74, 6) is -1.79. The highest BCUT2D eigenvalue weighted by atomic mass is 35.5. The minimum absolute atomic E-state index is 0.173. The van der Waals surface area contributed by atoms with Gasteiger partial charge in [-0.15, -0.1) is 0 Å². The zero-order valence-electron chi connectivity index (χ0n) is 9.53. The normalized spacial score (nSPS) is 9.44. The van der Waals surface area contributed by atoms with E-state index < -0.39 is 24.4 Å². The number of hydrazine groups is 1. The van der Waals surface area contributed by atoms with Crippen LogP contribution in [0.5, 0.6) is 0 Å². The number of halogens is 1. The second-order valence-corrected chi connectivity index (χ2v) is 3.69. The second-order valence-electron chi connectivity index (χ2n) is 3.29. The zero-order valence-corrected chi connectivity index (χ0v) is 10.3. The van der Waals surface area contributed by atoms with Crippen molar-refractivity contribution >= 4 is 29.4 Å². The van der Waals surface area contributed by atoms with Crippen molar-refractivity contribution in [2.75, 3.05) is 6.61 Å². The van der Waals surface area contributed by atoms with E-state index >= 15 is 0 Å². The van der Waals surface area contributed by atoms with Gasteiger partial charge in [-0.3, -0.25) is 20.4 Å². The van der Waals surface area contributed by atoms with Crippen LogP contribution >= 0.6 is 11.6 Å². The molecule has 96 valence electrons. The van der Waals surface area contributed by atoms with Crippen molar-refractivity contribution < 1.29 is 19.1 Å². The van der Waals surface area contributed by atoms with E-state index in [0.717, 1.165) is 0 Å². The van der Waals surface area contributed by atoms with Crippen LogP contribution in [0, 0.1) is 0 Å². The number of benzene rings is 1. The number of rotatable bonds is 3. The van der Waals surface area contributed by atoms with Crippen LogP contribution in [0.2, 0.25) is 5.02 Å². The Balaban J connectivity index is 2.45. The number of hydrogen-bond donors (Lipinski definition) is 2. The summed E-state index contributed by atoms with van der Waals surface area (Å²) >= 11 is 5.78. The fraction of sp³-hybridized carbons (Fsp3) is 0.182. The molecule has 1 rings (SSSR count). The first kappa shape index (κ1) is 14.0. The molecule has 0 aliphatic rings. The third kappa shape index (κ3) is 4.42. The summed E-state index contributed by atoms with van der Waals surface area (Å²) in [6, 6.07) is 6.31. The molecule has 0 unspecified atom stereocenters. The molecular weight excluding hydrogens is 260 g/mol. The van der Waals surface area contributed by atoms with E-state index in [0.29, 0.717) is 0 Å². The van der Waals surface area contributed by atoms with Crippen LogP contribution in [0.3, 0.4) is 0 Å². The van der Waals surface area contributed by atoms with Crippen molar-refractivity contribution in [3.63, 3.8) is 0 Å². The third-order valence-electron chi connectivity index (χ3n) is 1.81. The van der Waals surface area contributed by atoms with E-state index in [1.54, 1.807) is 12.1 Å². The predicted molar refractivity (Wildman–Crippen MR) is 63.7 cm³/mol. The first-order valence-corrected chi connectivity index (χ1v) is 5.35. The molecule has 18 heavy (non-hydrogen) atoms. The molecule has 6 nitrogen and oxygen atoms in total. The Morgan fingerprint density at radius 2 is 1.89 bits per heavy atom. The van der Waals surface area contributed by atoms with Gasteiger partial charge in [0.2, 0.25) is 5.91 Å². The number of carbonyl (C=O) groups excluding carboxylic acids is 3. The standard InChI is InChI=1S/C11H11ClN2O4/c1-7(15)13-14-10(16)6-18-11(17)8-4-2-3-5-9(8)12/h2-5H,6H2,1H3,(H,13,15)(H,14,16). The highest BCUT2D eigenvalue weighted by Gasteiger charge is 2.12. The van der Waals surface area contributed by atoms with Crippen LogP contribution in [-0.4, -0.2) is 24.4 Å². The quantitative estimate of drug-likeness (QED) is 0.624. The van der Waals surface area contributed by atoms with Gasteiger partial charge >= 0.3 is 5.97 Å². The van der Waals surface area contributed by atoms with E-state index in [2.05, 4.69) is 10.9 Å². The van der Waals surface area contributed by atoms with Crippen molar-refractivity contribution in [2.45, 2.75) is 6.92 Å². The highest BCUT2D eigenvalue weighted by Crippen LogP contribution is 2.15. The van der Waals surface area contributed by atoms with Gasteiger partial charge in [0.25, 0.3) is 5.91 Å². The molecule has 0 saturated carbocycles. The molecule has 2 N–H and O–H groups in total. The molecule has 0 bridgehead atoms. The van der Waals surface area contributed by atoms with Gasteiger partial charge in [-0.05, 0) is 12.1 Å². The Bertz CT molecular complexity index is 476. The van der Waals surface area contributed by atoms with Crippen LogP contribution in [-0.2, 0) is 14.3 Å². The average molecular weight is 271 g/mol. The van der Waals surface area contributed by atoms with Gasteiger partial charge in [-0.25, -0.2) is 4.79 Å². The Kier molecular flexibility index (Phi) is 5.13. The monoisotopic (exact) mass is 270 g/mol. The molecule has 0 aliphatic carbocycles. The van der Waals surface area contributed by atoms with Crippen LogP contribution in [0.25, 0.3) is 0 Å². The van der Waals surface area contributed by atoms with Crippen LogP contribution in [0.1, 0.15) is 17.3 Å². The second kappa shape index (κ2) is 6.61. The van der Waals surface area contributed by atoms with Crippen molar-refractivity contribution in [3.8, 4) is 0 Å². The number of hydrogen-bond acceptors (Lipinski definition) is 4. The first-order valence-electron chi connectivity index (χ1n) is 4.98. The summed E-state index contributed by atoms with van der Waals surface area (Å²) < 4.78 is 4.72.